The van der Waals surface area contributed by atoms with E-state index in [1.54, 1.807) is 11.7 Å². The van der Waals surface area contributed by atoms with Crippen molar-refractivity contribution in [2.75, 3.05) is 24.4 Å². The van der Waals surface area contributed by atoms with E-state index in [9.17, 15) is 9.59 Å². The Bertz CT molecular complexity index is 1020. The molecule has 9 heteroatoms. The number of carbonyl (C=O) groups is 2. The monoisotopic (exact) mass is 371 g/mol. The molecule has 0 aliphatic carbocycles. The molecule has 0 saturated carbocycles. The van der Waals surface area contributed by atoms with Gasteiger partial charge in [-0.3, -0.25) is 9.59 Å². The average Bonchev–Trinajstić information content (AvgIpc) is 3.27. The molecule has 0 saturated heterocycles. The predicted molar refractivity (Wildman–Crippen MR) is 99.2 cm³/mol. The molecule has 134 valence electrons. The third kappa shape index (κ3) is 2.60. The first-order valence-corrected chi connectivity index (χ1v) is 8.86. The molecule has 8 nitrogen and oxygen atoms in total. The minimum absolute atomic E-state index is 0.00782. The van der Waals surface area contributed by atoms with Crippen LogP contribution in [0.4, 0.5) is 10.9 Å². The number of anilines is 2. The number of amides is 1. The average molecular weight is 371 g/mol. The van der Waals surface area contributed by atoms with E-state index < -0.39 is 0 Å². The first kappa shape index (κ1) is 16.5. The molecule has 0 radical (unpaired) electrons. The molecule has 4 rings (SSSR count). The third-order valence-electron chi connectivity index (χ3n) is 4.50. The molecule has 26 heavy (non-hydrogen) atoms. The highest BCUT2D eigenvalue weighted by Gasteiger charge is 2.36. The zero-order valence-corrected chi connectivity index (χ0v) is 15.3. The number of nitrogens with one attached hydrogen (secondary N) is 1. The van der Waals surface area contributed by atoms with Gasteiger partial charge in [0.1, 0.15) is 18.0 Å². The summed E-state index contributed by atoms with van der Waals surface area (Å²) < 4.78 is 7.71. The van der Waals surface area contributed by atoms with Crippen LogP contribution in [0.1, 0.15) is 17.4 Å². The molecule has 1 atom stereocenters. The van der Waals surface area contributed by atoms with Gasteiger partial charge in [0.05, 0.1) is 29.7 Å². The second kappa shape index (κ2) is 6.10. The molecule has 1 N–H and O–H groups in total. The van der Waals surface area contributed by atoms with Gasteiger partial charge < -0.3 is 19.5 Å². The Morgan fingerprint density at radius 2 is 2.23 bits per heavy atom. The number of hydrogen-bond acceptors (Lipinski definition) is 7. The van der Waals surface area contributed by atoms with Gasteiger partial charge in [0.2, 0.25) is 11.7 Å². The molecular weight excluding hydrogens is 354 g/mol. The summed E-state index contributed by atoms with van der Waals surface area (Å²) in [7, 11) is 3.43. The Balaban J connectivity index is 1.52. The number of hydrogen-bond donors (Lipinski definition) is 1. The lowest BCUT2D eigenvalue weighted by atomic mass is 10.2. The second-order valence-electron chi connectivity index (χ2n) is 6.10. The summed E-state index contributed by atoms with van der Waals surface area (Å²) in [6, 6.07) is 5.29. The van der Waals surface area contributed by atoms with Crippen molar-refractivity contribution >= 4 is 44.2 Å². The Morgan fingerprint density at radius 1 is 1.42 bits per heavy atom. The predicted octanol–water partition coefficient (Wildman–Crippen LogP) is 2.16. The van der Waals surface area contributed by atoms with Crippen LogP contribution in [0.15, 0.2) is 24.5 Å². The molecule has 1 aromatic carbocycles. The number of nitrogens with zero attached hydrogens (tertiary/aromatic N) is 4. The number of fused-ring (bicyclic) bond motifs is 2. The molecular formula is C17H17N5O3S. The topological polar surface area (TPSA) is 89.3 Å². The van der Waals surface area contributed by atoms with Crippen LogP contribution >= 0.6 is 11.3 Å². The number of aromatic nitrogens is 3. The zero-order valence-electron chi connectivity index (χ0n) is 14.5. The van der Waals surface area contributed by atoms with Crippen LogP contribution in [0.5, 0.6) is 5.75 Å². The standard InChI is InChI=1S/C17H17N5O3S/c1-9-15(24)14-16(21(9)2)18-8-22(14)7-13(23)20-17-19-11-5-4-10(25-3)6-12(11)26-17/h4-6,8-9H,7H2,1-3H3,(H,19,20,23). The van der Waals surface area contributed by atoms with E-state index in [2.05, 4.69) is 15.3 Å². The summed E-state index contributed by atoms with van der Waals surface area (Å²) in [4.78, 5) is 35.2. The summed E-state index contributed by atoms with van der Waals surface area (Å²) >= 11 is 1.37. The van der Waals surface area contributed by atoms with E-state index in [0.717, 1.165) is 16.0 Å². The number of imidazole rings is 1. The maximum Gasteiger partial charge on any atom is 0.246 e. The van der Waals surface area contributed by atoms with Gasteiger partial charge in [-0.1, -0.05) is 11.3 Å². The van der Waals surface area contributed by atoms with Crippen molar-refractivity contribution in [3.8, 4) is 5.75 Å². The van der Waals surface area contributed by atoms with Gasteiger partial charge in [0.15, 0.2) is 10.9 Å². The van der Waals surface area contributed by atoms with Crippen LogP contribution in [0.3, 0.4) is 0 Å². The second-order valence-corrected chi connectivity index (χ2v) is 7.13. The van der Waals surface area contributed by atoms with Crippen molar-refractivity contribution in [2.24, 2.45) is 0 Å². The number of carbonyl (C=O) groups excluding carboxylic acids is 2. The number of ether oxygens (including phenoxy) is 1. The third-order valence-corrected chi connectivity index (χ3v) is 5.44. The lowest BCUT2D eigenvalue weighted by molar-refractivity contribution is -0.116. The maximum atomic E-state index is 12.4. The molecule has 3 heterocycles. The highest BCUT2D eigenvalue weighted by Crippen LogP contribution is 2.30. The van der Waals surface area contributed by atoms with E-state index in [-0.39, 0.29) is 24.3 Å². The fourth-order valence-corrected chi connectivity index (χ4v) is 3.87. The minimum atomic E-state index is -0.262. The number of Topliss-reactive ketones (excluding diaryl/α,β-unsaturated/α-hetero) is 1. The molecule has 2 aromatic heterocycles. The molecule has 3 aromatic rings. The Labute approximate surface area is 153 Å². The summed E-state index contributed by atoms with van der Waals surface area (Å²) in [5.41, 5.74) is 1.27. The van der Waals surface area contributed by atoms with E-state index in [4.69, 9.17) is 4.74 Å². The minimum Gasteiger partial charge on any atom is -0.497 e. The lowest BCUT2D eigenvalue weighted by Crippen LogP contribution is -2.29. The highest BCUT2D eigenvalue weighted by atomic mass is 32.1. The van der Waals surface area contributed by atoms with E-state index in [1.807, 2.05) is 37.1 Å². The van der Waals surface area contributed by atoms with Crippen molar-refractivity contribution in [2.45, 2.75) is 19.5 Å². The van der Waals surface area contributed by atoms with E-state index >= 15 is 0 Å². The highest BCUT2D eigenvalue weighted by molar-refractivity contribution is 7.22. The summed E-state index contributed by atoms with van der Waals surface area (Å²) in [5, 5.41) is 3.30. The molecule has 0 spiro atoms. The number of likely N-dealkylation sites (N-methyl/N-ethyl adjacent to an activating group) is 1. The molecule has 0 bridgehead atoms. The molecule has 1 aliphatic rings. The zero-order chi connectivity index (χ0) is 18.4. The largest absolute Gasteiger partial charge is 0.497 e. The van der Waals surface area contributed by atoms with Gasteiger partial charge in [0.25, 0.3) is 0 Å². The Hall–Kier alpha value is -2.94. The van der Waals surface area contributed by atoms with Crippen LogP contribution in [0.25, 0.3) is 10.2 Å². The number of ketones is 1. The first-order chi connectivity index (χ1) is 12.5. The van der Waals surface area contributed by atoms with Gasteiger partial charge in [-0.15, -0.1) is 0 Å². The van der Waals surface area contributed by atoms with Crippen LogP contribution < -0.4 is 15.0 Å². The number of benzene rings is 1. The van der Waals surface area contributed by atoms with Crippen LogP contribution in [0, 0.1) is 0 Å². The van der Waals surface area contributed by atoms with Gasteiger partial charge in [-0.2, -0.15) is 0 Å². The van der Waals surface area contributed by atoms with Gasteiger partial charge in [-0.25, -0.2) is 9.97 Å². The SMILES string of the molecule is COc1ccc2nc(NC(=O)Cn3cnc4c3C(=O)C(C)N4C)sc2c1. The summed E-state index contributed by atoms with van der Waals surface area (Å²) in [6.07, 6.45) is 1.52. The number of methoxy groups -OCH3 is 1. The van der Waals surface area contributed by atoms with Crippen molar-refractivity contribution in [1.29, 1.82) is 0 Å². The molecule has 0 fully saturated rings. The normalized spacial score (nSPS) is 16.2. The number of thiazole rings is 1. The first-order valence-electron chi connectivity index (χ1n) is 8.04. The van der Waals surface area contributed by atoms with E-state index in [1.165, 1.54) is 17.7 Å². The smallest absolute Gasteiger partial charge is 0.246 e. The lowest BCUT2D eigenvalue weighted by Gasteiger charge is -2.14. The quantitative estimate of drug-likeness (QED) is 0.756. The summed E-state index contributed by atoms with van der Waals surface area (Å²) in [5.74, 6) is 1.07. The van der Waals surface area contributed by atoms with Crippen molar-refractivity contribution in [3.05, 3.63) is 30.2 Å². The van der Waals surface area contributed by atoms with Crippen molar-refractivity contribution in [1.82, 2.24) is 14.5 Å². The molecule has 1 unspecified atom stereocenters. The van der Waals surface area contributed by atoms with Crippen molar-refractivity contribution < 1.29 is 14.3 Å². The van der Waals surface area contributed by atoms with Crippen LogP contribution in [0.2, 0.25) is 0 Å². The van der Waals surface area contributed by atoms with Crippen molar-refractivity contribution in [3.63, 3.8) is 0 Å². The fraction of sp³-hybridized carbons (Fsp3) is 0.294. The Morgan fingerprint density at radius 3 is 3.00 bits per heavy atom. The maximum absolute atomic E-state index is 12.4. The van der Waals surface area contributed by atoms with Crippen LogP contribution in [-0.4, -0.2) is 46.4 Å². The Kier molecular flexibility index (Phi) is 3.87. The van der Waals surface area contributed by atoms with Gasteiger partial charge >= 0.3 is 0 Å². The van der Waals surface area contributed by atoms with Crippen LogP contribution in [-0.2, 0) is 11.3 Å². The van der Waals surface area contributed by atoms with Gasteiger partial charge in [-0.05, 0) is 25.1 Å². The summed E-state index contributed by atoms with van der Waals surface area (Å²) in [6.45, 7) is 1.83. The molecule has 1 amide bonds. The van der Waals surface area contributed by atoms with E-state index in [0.29, 0.717) is 16.6 Å². The van der Waals surface area contributed by atoms with Gasteiger partial charge in [0, 0.05) is 7.05 Å². The fourth-order valence-electron chi connectivity index (χ4n) is 2.96. The number of rotatable bonds is 4. The molecule has 1 aliphatic heterocycles.